The summed E-state index contributed by atoms with van der Waals surface area (Å²) in [5, 5.41) is 2.47. The number of halogens is 2. The highest BCUT2D eigenvalue weighted by Gasteiger charge is 2.32. The van der Waals surface area contributed by atoms with Crippen molar-refractivity contribution >= 4 is 25.8 Å². The first kappa shape index (κ1) is 19.7. The van der Waals surface area contributed by atoms with E-state index in [0.29, 0.717) is 6.07 Å². The van der Waals surface area contributed by atoms with Crippen molar-refractivity contribution in [1.29, 1.82) is 0 Å². The predicted molar refractivity (Wildman–Crippen MR) is 86.0 cm³/mol. The topological polar surface area (TPSA) is 101 Å². The van der Waals surface area contributed by atoms with E-state index in [1.54, 1.807) is 0 Å². The minimum atomic E-state index is -4.34. The zero-order chi connectivity index (χ0) is 18.8. The highest BCUT2D eigenvalue weighted by Crippen LogP contribution is 2.20. The Bertz CT molecular complexity index is 871. The number of hydrogen-bond acceptors (Lipinski definition) is 5. The summed E-state index contributed by atoms with van der Waals surface area (Å²) in [6, 6.07) is 1.49. The number of nitrogens with one attached hydrogen (secondary N) is 1. The molecule has 1 N–H and O–H groups in total. The maximum absolute atomic E-state index is 13.8. The third kappa shape index (κ3) is 4.73. The van der Waals surface area contributed by atoms with Crippen molar-refractivity contribution in [3.8, 4) is 0 Å². The van der Waals surface area contributed by atoms with Gasteiger partial charge in [0.25, 0.3) is 0 Å². The minimum Gasteiger partial charge on any atom is -0.351 e. The van der Waals surface area contributed by atoms with Crippen LogP contribution in [-0.2, 0) is 24.7 Å². The van der Waals surface area contributed by atoms with E-state index < -0.39 is 54.9 Å². The summed E-state index contributed by atoms with van der Waals surface area (Å²) in [5.41, 5.74) is 0. The van der Waals surface area contributed by atoms with Gasteiger partial charge in [-0.15, -0.1) is 0 Å². The van der Waals surface area contributed by atoms with Crippen molar-refractivity contribution in [2.24, 2.45) is 0 Å². The van der Waals surface area contributed by atoms with Gasteiger partial charge in [0.1, 0.15) is 16.5 Å². The van der Waals surface area contributed by atoms with Gasteiger partial charge in [-0.3, -0.25) is 4.79 Å². The zero-order valence-corrected chi connectivity index (χ0v) is 15.0. The summed E-state index contributed by atoms with van der Waals surface area (Å²) in [4.78, 5) is 11.3. The van der Waals surface area contributed by atoms with Gasteiger partial charge in [-0.05, 0) is 18.6 Å². The van der Waals surface area contributed by atoms with Gasteiger partial charge in [-0.2, -0.15) is 4.31 Å². The van der Waals surface area contributed by atoms with Gasteiger partial charge in [-0.25, -0.2) is 25.6 Å². The Labute approximate surface area is 145 Å². The number of carbonyl (C=O) groups excluding carboxylic acids is 1. The van der Waals surface area contributed by atoms with E-state index in [1.165, 1.54) is 6.92 Å². The van der Waals surface area contributed by atoms with Crippen LogP contribution in [-0.4, -0.2) is 57.7 Å². The quantitative estimate of drug-likeness (QED) is 0.744. The molecule has 0 spiro atoms. The molecule has 0 saturated carbocycles. The van der Waals surface area contributed by atoms with Crippen LogP contribution >= 0.6 is 0 Å². The van der Waals surface area contributed by atoms with Crippen LogP contribution in [0.5, 0.6) is 0 Å². The van der Waals surface area contributed by atoms with E-state index in [-0.39, 0.29) is 24.5 Å². The summed E-state index contributed by atoms with van der Waals surface area (Å²) in [6.45, 7) is 0.758. The molecule has 140 valence electrons. The fourth-order valence-electron chi connectivity index (χ4n) is 2.53. The number of sulfonamides is 1. The van der Waals surface area contributed by atoms with Crippen molar-refractivity contribution in [1.82, 2.24) is 9.62 Å². The van der Waals surface area contributed by atoms with Gasteiger partial charge >= 0.3 is 0 Å². The molecule has 2 rings (SSSR count). The van der Waals surface area contributed by atoms with Gasteiger partial charge in [0, 0.05) is 18.7 Å². The first-order valence-corrected chi connectivity index (χ1v) is 10.8. The van der Waals surface area contributed by atoms with Crippen LogP contribution in [0.1, 0.15) is 13.3 Å². The highest BCUT2D eigenvalue weighted by molar-refractivity contribution is 7.91. The summed E-state index contributed by atoms with van der Waals surface area (Å²) in [5.74, 6) is -3.07. The standard InChI is InChI=1S/C14H18F2N2O5S2/c1-2-18(8-14(19)17-11-5-6-24(20,21)9-11)25(22,23)13-4-3-10(15)7-12(13)16/h3-4,7,11H,2,5-6,8-9H2,1H3,(H,17,19). The molecule has 0 bridgehead atoms. The normalized spacial score (nSPS) is 19.9. The van der Waals surface area contributed by atoms with Crippen molar-refractivity contribution in [3.63, 3.8) is 0 Å². The summed E-state index contributed by atoms with van der Waals surface area (Å²) in [6.07, 6.45) is 0.263. The molecule has 11 heteroatoms. The van der Waals surface area contributed by atoms with Crippen molar-refractivity contribution in [3.05, 3.63) is 29.8 Å². The van der Waals surface area contributed by atoms with Crippen molar-refractivity contribution in [2.45, 2.75) is 24.3 Å². The van der Waals surface area contributed by atoms with E-state index in [1.807, 2.05) is 0 Å². The second-order valence-electron chi connectivity index (χ2n) is 5.67. The zero-order valence-electron chi connectivity index (χ0n) is 13.4. The maximum atomic E-state index is 13.8. The van der Waals surface area contributed by atoms with Gasteiger partial charge in [-0.1, -0.05) is 6.92 Å². The molecule has 1 amide bonds. The third-order valence-corrected chi connectivity index (χ3v) is 7.50. The van der Waals surface area contributed by atoms with Crippen LogP contribution in [0.3, 0.4) is 0 Å². The average Bonchev–Trinajstić information content (AvgIpc) is 2.82. The van der Waals surface area contributed by atoms with Gasteiger partial charge in [0.05, 0.1) is 18.1 Å². The summed E-state index contributed by atoms with van der Waals surface area (Å²) < 4.78 is 75.2. The Morgan fingerprint density at radius 3 is 2.56 bits per heavy atom. The van der Waals surface area contributed by atoms with Crippen molar-refractivity contribution in [2.75, 3.05) is 24.6 Å². The molecule has 1 atom stereocenters. The van der Waals surface area contributed by atoms with E-state index in [9.17, 15) is 30.4 Å². The number of carbonyl (C=O) groups is 1. The number of benzene rings is 1. The first-order valence-electron chi connectivity index (χ1n) is 7.50. The van der Waals surface area contributed by atoms with E-state index in [2.05, 4.69) is 5.32 Å². The maximum Gasteiger partial charge on any atom is 0.246 e. The Kier molecular flexibility index (Phi) is 5.79. The smallest absolute Gasteiger partial charge is 0.246 e. The lowest BCUT2D eigenvalue weighted by Gasteiger charge is -2.21. The molecule has 1 aromatic rings. The van der Waals surface area contributed by atoms with Crippen LogP contribution in [0.4, 0.5) is 8.78 Å². The molecule has 1 saturated heterocycles. The number of amides is 1. The molecule has 0 radical (unpaired) electrons. The minimum absolute atomic E-state index is 0.0332. The first-order chi connectivity index (χ1) is 11.5. The number of sulfone groups is 1. The molecule has 0 aliphatic carbocycles. The van der Waals surface area contributed by atoms with Crippen LogP contribution < -0.4 is 5.32 Å². The molecule has 1 fully saturated rings. The Balaban J connectivity index is 2.11. The van der Waals surface area contributed by atoms with Crippen LogP contribution in [0.2, 0.25) is 0 Å². The highest BCUT2D eigenvalue weighted by atomic mass is 32.2. The largest absolute Gasteiger partial charge is 0.351 e. The molecule has 1 aliphatic rings. The van der Waals surface area contributed by atoms with Crippen LogP contribution in [0, 0.1) is 11.6 Å². The van der Waals surface area contributed by atoms with Crippen LogP contribution in [0.15, 0.2) is 23.1 Å². The lowest BCUT2D eigenvalue weighted by molar-refractivity contribution is -0.121. The molecule has 1 unspecified atom stereocenters. The van der Waals surface area contributed by atoms with E-state index in [4.69, 9.17) is 0 Å². The van der Waals surface area contributed by atoms with Crippen molar-refractivity contribution < 1.29 is 30.4 Å². The second-order valence-corrected chi connectivity index (χ2v) is 9.81. The lowest BCUT2D eigenvalue weighted by atomic mass is 10.2. The third-order valence-electron chi connectivity index (χ3n) is 3.78. The van der Waals surface area contributed by atoms with Crippen LogP contribution in [0.25, 0.3) is 0 Å². The van der Waals surface area contributed by atoms with Gasteiger partial charge < -0.3 is 5.32 Å². The second kappa shape index (κ2) is 7.34. The number of rotatable bonds is 6. The molecule has 1 aromatic carbocycles. The lowest BCUT2D eigenvalue weighted by Crippen LogP contribution is -2.44. The SMILES string of the molecule is CCN(CC(=O)NC1CCS(=O)(=O)C1)S(=O)(=O)c1ccc(F)cc1F. The van der Waals surface area contributed by atoms with Gasteiger partial charge in [0.15, 0.2) is 9.84 Å². The fraction of sp³-hybridized carbons (Fsp3) is 0.500. The summed E-state index contributed by atoms with van der Waals surface area (Å²) in [7, 11) is -7.53. The van der Waals surface area contributed by atoms with E-state index >= 15 is 0 Å². The molecular formula is C14H18F2N2O5S2. The van der Waals surface area contributed by atoms with E-state index in [0.717, 1.165) is 16.4 Å². The Morgan fingerprint density at radius 2 is 2.04 bits per heavy atom. The molecule has 1 heterocycles. The monoisotopic (exact) mass is 396 g/mol. The molecule has 1 aliphatic heterocycles. The summed E-state index contributed by atoms with van der Waals surface area (Å²) >= 11 is 0. The number of likely N-dealkylation sites (N-methyl/N-ethyl adjacent to an activating group) is 1. The molecule has 0 aromatic heterocycles. The fourth-order valence-corrected chi connectivity index (χ4v) is 5.66. The molecule has 7 nitrogen and oxygen atoms in total. The molecule has 25 heavy (non-hydrogen) atoms. The van der Waals surface area contributed by atoms with Gasteiger partial charge in [0.2, 0.25) is 15.9 Å². The predicted octanol–water partition coefficient (Wildman–Crippen LogP) is 0.279. The molecular weight excluding hydrogens is 378 g/mol. The Hall–Kier alpha value is -1.59. The average molecular weight is 396 g/mol. The number of hydrogen-bond donors (Lipinski definition) is 1. The number of nitrogens with zero attached hydrogens (tertiary/aromatic N) is 1. The Morgan fingerprint density at radius 1 is 1.36 bits per heavy atom.